The highest BCUT2D eigenvalue weighted by Crippen LogP contribution is 2.20. The van der Waals surface area contributed by atoms with E-state index in [-0.39, 0.29) is 0 Å². The maximum absolute atomic E-state index is 5.77. The highest BCUT2D eigenvalue weighted by molar-refractivity contribution is 9.10. The van der Waals surface area contributed by atoms with Crippen molar-refractivity contribution in [2.45, 2.75) is 31.8 Å². The standard InChI is InChI=1S/C15H22BrNO2/c16-13-4-3-7-15(12-13)19-11-9-17-8-10-18-14-5-1-2-6-14/h3-4,7,12,14,17H,1-2,5-6,8-11H2. The van der Waals surface area contributed by atoms with Gasteiger partial charge in [0.2, 0.25) is 0 Å². The number of nitrogens with one attached hydrogen (secondary N) is 1. The first-order valence-corrected chi connectivity index (χ1v) is 7.84. The normalized spacial score (nSPS) is 15.8. The summed E-state index contributed by atoms with van der Waals surface area (Å²) in [6.45, 7) is 3.24. The van der Waals surface area contributed by atoms with Crippen LogP contribution in [0.15, 0.2) is 28.7 Å². The van der Waals surface area contributed by atoms with Gasteiger partial charge in [-0.05, 0) is 31.0 Å². The van der Waals surface area contributed by atoms with Crippen LogP contribution in [0.2, 0.25) is 0 Å². The van der Waals surface area contributed by atoms with Gasteiger partial charge < -0.3 is 14.8 Å². The summed E-state index contributed by atoms with van der Waals surface area (Å²) in [6, 6.07) is 7.91. The maximum Gasteiger partial charge on any atom is 0.120 e. The molecule has 106 valence electrons. The smallest absolute Gasteiger partial charge is 0.120 e. The minimum Gasteiger partial charge on any atom is -0.492 e. The van der Waals surface area contributed by atoms with E-state index < -0.39 is 0 Å². The van der Waals surface area contributed by atoms with Crippen LogP contribution in [0.25, 0.3) is 0 Å². The molecule has 0 aromatic heterocycles. The Morgan fingerprint density at radius 3 is 2.74 bits per heavy atom. The molecule has 1 fully saturated rings. The summed E-state index contributed by atoms with van der Waals surface area (Å²) < 4.78 is 12.5. The number of ether oxygens (including phenoxy) is 2. The van der Waals surface area contributed by atoms with Crippen LogP contribution in [-0.2, 0) is 4.74 Å². The van der Waals surface area contributed by atoms with E-state index in [0.717, 1.165) is 29.9 Å². The van der Waals surface area contributed by atoms with Gasteiger partial charge in [0.15, 0.2) is 0 Å². The molecule has 0 atom stereocenters. The molecule has 2 rings (SSSR count). The van der Waals surface area contributed by atoms with E-state index in [1.807, 2.05) is 24.3 Å². The third-order valence-electron chi connectivity index (χ3n) is 3.28. The van der Waals surface area contributed by atoms with Gasteiger partial charge in [-0.1, -0.05) is 34.8 Å². The van der Waals surface area contributed by atoms with Gasteiger partial charge in [-0.3, -0.25) is 0 Å². The highest BCUT2D eigenvalue weighted by Gasteiger charge is 2.14. The van der Waals surface area contributed by atoms with E-state index in [1.165, 1.54) is 25.7 Å². The Morgan fingerprint density at radius 2 is 1.95 bits per heavy atom. The van der Waals surface area contributed by atoms with E-state index in [4.69, 9.17) is 9.47 Å². The molecule has 1 aliphatic rings. The molecule has 0 radical (unpaired) electrons. The maximum atomic E-state index is 5.77. The van der Waals surface area contributed by atoms with Crippen LogP contribution in [0.1, 0.15) is 25.7 Å². The Labute approximate surface area is 123 Å². The number of hydrogen-bond acceptors (Lipinski definition) is 3. The molecule has 0 saturated heterocycles. The first-order valence-electron chi connectivity index (χ1n) is 7.05. The summed E-state index contributed by atoms with van der Waals surface area (Å²) in [4.78, 5) is 0. The lowest BCUT2D eigenvalue weighted by Gasteiger charge is -2.11. The first kappa shape index (κ1) is 14.8. The van der Waals surface area contributed by atoms with Crippen LogP contribution in [0.3, 0.4) is 0 Å². The quantitative estimate of drug-likeness (QED) is 0.742. The summed E-state index contributed by atoms with van der Waals surface area (Å²) in [6.07, 6.45) is 5.66. The predicted molar refractivity (Wildman–Crippen MR) is 80.7 cm³/mol. The summed E-state index contributed by atoms with van der Waals surface area (Å²) in [5.41, 5.74) is 0. The van der Waals surface area contributed by atoms with Crippen LogP contribution in [0.4, 0.5) is 0 Å². The zero-order valence-corrected chi connectivity index (χ0v) is 12.8. The number of halogens is 1. The lowest BCUT2D eigenvalue weighted by molar-refractivity contribution is 0.0601. The average molecular weight is 328 g/mol. The molecule has 0 bridgehead atoms. The van der Waals surface area contributed by atoms with Crippen molar-refractivity contribution in [3.05, 3.63) is 28.7 Å². The SMILES string of the molecule is Brc1cccc(OCCNCCOC2CCCC2)c1. The largest absolute Gasteiger partial charge is 0.492 e. The van der Waals surface area contributed by atoms with E-state index in [1.54, 1.807) is 0 Å². The van der Waals surface area contributed by atoms with Crippen LogP contribution < -0.4 is 10.1 Å². The zero-order chi connectivity index (χ0) is 13.3. The highest BCUT2D eigenvalue weighted by atomic mass is 79.9. The molecule has 0 spiro atoms. The van der Waals surface area contributed by atoms with Crippen molar-refractivity contribution in [3.8, 4) is 5.75 Å². The van der Waals surface area contributed by atoms with Crippen molar-refractivity contribution >= 4 is 15.9 Å². The van der Waals surface area contributed by atoms with Gasteiger partial charge in [-0.2, -0.15) is 0 Å². The molecule has 1 N–H and O–H groups in total. The summed E-state index contributed by atoms with van der Waals surface area (Å²) in [5, 5.41) is 3.33. The second-order valence-electron chi connectivity index (χ2n) is 4.83. The topological polar surface area (TPSA) is 30.5 Å². The first-order chi connectivity index (χ1) is 9.34. The molecule has 0 heterocycles. The van der Waals surface area contributed by atoms with Crippen LogP contribution in [-0.4, -0.2) is 32.4 Å². The van der Waals surface area contributed by atoms with Gasteiger partial charge in [0, 0.05) is 17.6 Å². The number of benzene rings is 1. The van der Waals surface area contributed by atoms with Gasteiger partial charge in [0.1, 0.15) is 12.4 Å². The van der Waals surface area contributed by atoms with Crippen molar-refractivity contribution in [2.75, 3.05) is 26.3 Å². The molecule has 19 heavy (non-hydrogen) atoms. The van der Waals surface area contributed by atoms with Gasteiger partial charge in [0.05, 0.1) is 12.7 Å². The zero-order valence-electron chi connectivity index (χ0n) is 11.2. The van der Waals surface area contributed by atoms with Gasteiger partial charge in [-0.15, -0.1) is 0 Å². The van der Waals surface area contributed by atoms with Crippen LogP contribution in [0.5, 0.6) is 5.75 Å². The van der Waals surface area contributed by atoms with Crippen molar-refractivity contribution < 1.29 is 9.47 Å². The summed E-state index contributed by atoms with van der Waals surface area (Å²) in [7, 11) is 0. The van der Waals surface area contributed by atoms with Crippen LogP contribution in [0, 0.1) is 0 Å². The Kier molecular flexibility index (Phi) is 6.68. The van der Waals surface area contributed by atoms with E-state index in [9.17, 15) is 0 Å². The summed E-state index contributed by atoms with van der Waals surface area (Å²) >= 11 is 3.43. The van der Waals surface area contributed by atoms with Crippen molar-refractivity contribution in [1.29, 1.82) is 0 Å². The minimum atomic E-state index is 0.514. The molecule has 1 aromatic rings. The fourth-order valence-electron chi connectivity index (χ4n) is 2.28. The molecule has 1 aliphatic carbocycles. The Bertz CT molecular complexity index is 367. The van der Waals surface area contributed by atoms with Crippen LogP contribution >= 0.6 is 15.9 Å². The van der Waals surface area contributed by atoms with Crippen molar-refractivity contribution in [1.82, 2.24) is 5.32 Å². The fourth-order valence-corrected chi connectivity index (χ4v) is 2.65. The third-order valence-corrected chi connectivity index (χ3v) is 3.77. The Morgan fingerprint density at radius 1 is 1.16 bits per heavy atom. The molecule has 4 heteroatoms. The summed E-state index contributed by atoms with van der Waals surface area (Å²) in [5.74, 6) is 0.901. The van der Waals surface area contributed by atoms with Gasteiger partial charge >= 0.3 is 0 Å². The average Bonchev–Trinajstić information content (AvgIpc) is 2.91. The molecule has 0 amide bonds. The van der Waals surface area contributed by atoms with E-state index in [2.05, 4.69) is 21.2 Å². The van der Waals surface area contributed by atoms with Gasteiger partial charge in [-0.25, -0.2) is 0 Å². The van der Waals surface area contributed by atoms with E-state index in [0.29, 0.717) is 12.7 Å². The molecule has 0 unspecified atom stereocenters. The second-order valence-corrected chi connectivity index (χ2v) is 5.75. The Hall–Kier alpha value is -0.580. The second kappa shape index (κ2) is 8.56. The lowest BCUT2D eigenvalue weighted by Crippen LogP contribution is -2.26. The molecular weight excluding hydrogens is 306 g/mol. The van der Waals surface area contributed by atoms with Crippen molar-refractivity contribution in [3.63, 3.8) is 0 Å². The predicted octanol–water partition coefficient (Wildman–Crippen LogP) is 3.38. The fraction of sp³-hybridized carbons (Fsp3) is 0.600. The van der Waals surface area contributed by atoms with Gasteiger partial charge in [0.25, 0.3) is 0 Å². The number of hydrogen-bond donors (Lipinski definition) is 1. The molecule has 0 aliphatic heterocycles. The molecule has 1 saturated carbocycles. The third kappa shape index (κ3) is 5.93. The Balaban J connectivity index is 1.46. The minimum absolute atomic E-state index is 0.514. The van der Waals surface area contributed by atoms with Crippen molar-refractivity contribution in [2.24, 2.45) is 0 Å². The monoisotopic (exact) mass is 327 g/mol. The molecular formula is C15H22BrNO2. The number of rotatable bonds is 8. The molecule has 1 aromatic carbocycles. The molecule has 3 nitrogen and oxygen atoms in total. The lowest BCUT2D eigenvalue weighted by atomic mass is 10.3. The van der Waals surface area contributed by atoms with E-state index >= 15 is 0 Å².